The lowest BCUT2D eigenvalue weighted by atomic mass is 9.92. The van der Waals surface area contributed by atoms with Crippen LogP contribution in [0.5, 0.6) is 0 Å². The quantitative estimate of drug-likeness (QED) is 0.657. The Morgan fingerprint density at radius 2 is 2.00 bits per heavy atom. The number of rotatable bonds is 8. The number of hydrogen-bond donors (Lipinski definition) is 2. The summed E-state index contributed by atoms with van der Waals surface area (Å²) in [5.74, 6) is 1.26. The summed E-state index contributed by atoms with van der Waals surface area (Å²) in [5.41, 5.74) is -0.0346. The summed E-state index contributed by atoms with van der Waals surface area (Å²) >= 11 is 2.16. The Hall–Kier alpha value is 0.270. The molecule has 0 spiro atoms. The fourth-order valence-corrected chi connectivity index (χ4v) is 3.95. The fourth-order valence-electron chi connectivity index (χ4n) is 2.64. The van der Waals surface area contributed by atoms with E-state index >= 15 is 0 Å². The predicted molar refractivity (Wildman–Crippen MR) is 77.7 cm³/mol. The van der Waals surface area contributed by atoms with Crippen molar-refractivity contribution in [2.75, 3.05) is 19.4 Å². The lowest BCUT2D eigenvalue weighted by Crippen LogP contribution is -2.45. The van der Waals surface area contributed by atoms with Gasteiger partial charge in [0.05, 0.1) is 6.61 Å². The van der Waals surface area contributed by atoms with E-state index < -0.39 is 0 Å². The molecule has 0 amide bonds. The SMILES string of the molecule is CCC(CO)(CCCSC1CCCCC1)NC. The number of aliphatic hydroxyl groups excluding tert-OH is 1. The predicted octanol–water partition coefficient (Wildman–Crippen LogP) is 3.19. The second-order valence-electron chi connectivity index (χ2n) is 5.28. The normalized spacial score (nSPS) is 21.4. The highest BCUT2D eigenvalue weighted by atomic mass is 32.2. The van der Waals surface area contributed by atoms with Gasteiger partial charge in [-0.05, 0) is 44.9 Å². The van der Waals surface area contributed by atoms with Crippen LogP contribution >= 0.6 is 11.8 Å². The van der Waals surface area contributed by atoms with Crippen molar-refractivity contribution >= 4 is 11.8 Å². The number of likely N-dealkylation sites (N-methyl/N-ethyl adjacent to an activating group) is 1. The molecular weight excluding hydrogens is 230 g/mol. The van der Waals surface area contributed by atoms with E-state index in [0.29, 0.717) is 0 Å². The zero-order chi connectivity index (χ0) is 12.6. The first-order chi connectivity index (χ1) is 8.26. The molecule has 1 saturated carbocycles. The zero-order valence-corrected chi connectivity index (χ0v) is 12.3. The highest BCUT2D eigenvalue weighted by Gasteiger charge is 2.24. The van der Waals surface area contributed by atoms with Crippen LogP contribution < -0.4 is 5.32 Å². The molecule has 0 aromatic heterocycles. The van der Waals surface area contributed by atoms with E-state index in [-0.39, 0.29) is 12.1 Å². The van der Waals surface area contributed by atoms with E-state index in [2.05, 4.69) is 24.0 Å². The van der Waals surface area contributed by atoms with E-state index in [1.165, 1.54) is 44.3 Å². The maximum absolute atomic E-state index is 9.46. The van der Waals surface area contributed by atoms with E-state index in [9.17, 15) is 5.11 Å². The molecule has 2 nitrogen and oxygen atoms in total. The van der Waals surface area contributed by atoms with E-state index in [0.717, 1.165) is 18.1 Å². The van der Waals surface area contributed by atoms with Crippen molar-refractivity contribution in [3.05, 3.63) is 0 Å². The van der Waals surface area contributed by atoms with Crippen molar-refractivity contribution in [1.82, 2.24) is 5.32 Å². The van der Waals surface area contributed by atoms with Crippen molar-refractivity contribution in [1.29, 1.82) is 0 Å². The second-order valence-corrected chi connectivity index (χ2v) is 6.68. The summed E-state index contributed by atoms with van der Waals surface area (Å²) in [6.45, 7) is 2.41. The Morgan fingerprint density at radius 3 is 2.53 bits per heavy atom. The van der Waals surface area contributed by atoms with Crippen LogP contribution in [-0.4, -0.2) is 35.3 Å². The highest BCUT2D eigenvalue weighted by molar-refractivity contribution is 7.99. The Morgan fingerprint density at radius 1 is 1.29 bits per heavy atom. The van der Waals surface area contributed by atoms with Gasteiger partial charge in [0.25, 0.3) is 0 Å². The summed E-state index contributed by atoms with van der Waals surface area (Å²) in [6, 6.07) is 0. The van der Waals surface area contributed by atoms with Crippen molar-refractivity contribution in [3.8, 4) is 0 Å². The highest BCUT2D eigenvalue weighted by Crippen LogP contribution is 2.29. The standard InChI is InChI=1S/C14H29NOS/c1-3-14(12-16,15-2)10-7-11-17-13-8-5-4-6-9-13/h13,15-16H,3-12H2,1-2H3. The molecule has 0 saturated heterocycles. The van der Waals surface area contributed by atoms with Gasteiger partial charge < -0.3 is 10.4 Å². The number of thioether (sulfide) groups is 1. The fraction of sp³-hybridized carbons (Fsp3) is 1.00. The summed E-state index contributed by atoms with van der Waals surface area (Å²) in [5, 5.41) is 13.7. The van der Waals surface area contributed by atoms with Crippen molar-refractivity contribution < 1.29 is 5.11 Å². The van der Waals surface area contributed by atoms with Crippen LogP contribution in [0.2, 0.25) is 0 Å². The van der Waals surface area contributed by atoms with Gasteiger partial charge in [0, 0.05) is 10.8 Å². The number of hydrogen-bond acceptors (Lipinski definition) is 3. The van der Waals surface area contributed by atoms with Crippen molar-refractivity contribution in [3.63, 3.8) is 0 Å². The molecule has 1 rings (SSSR count). The molecule has 1 fully saturated rings. The molecule has 1 aliphatic rings. The van der Waals surface area contributed by atoms with Gasteiger partial charge in [-0.25, -0.2) is 0 Å². The van der Waals surface area contributed by atoms with Crippen LogP contribution in [0.3, 0.4) is 0 Å². The monoisotopic (exact) mass is 259 g/mol. The molecule has 1 atom stereocenters. The molecule has 0 heterocycles. The van der Waals surface area contributed by atoms with E-state index in [1.807, 2.05) is 7.05 Å². The Kier molecular flexibility index (Phi) is 7.56. The van der Waals surface area contributed by atoms with Gasteiger partial charge in [-0.2, -0.15) is 11.8 Å². The summed E-state index contributed by atoms with van der Waals surface area (Å²) < 4.78 is 0. The maximum Gasteiger partial charge on any atom is 0.0613 e. The molecule has 0 radical (unpaired) electrons. The van der Waals surface area contributed by atoms with Crippen molar-refractivity contribution in [2.45, 2.75) is 69.1 Å². The lowest BCUT2D eigenvalue weighted by Gasteiger charge is -2.30. The first-order valence-corrected chi connectivity index (χ1v) is 8.22. The smallest absolute Gasteiger partial charge is 0.0613 e. The van der Waals surface area contributed by atoms with Crippen molar-refractivity contribution in [2.24, 2.45) is 0 Å². The molecule has 0 aromatic carbocycles. The Bertz CT molecular complexity index is 180. The third kappa shape index (κ3) is 5.19. The van der Waals surface area contributed by atoms with Gasteiger partial charge in [-0.15, -0.1) is 0 Å². The van der Waals surface area contributed by atoms with Gasteiger partial charge >= 0.3 is 0 Å². The van der Waals surface area contributed by atoms with E-state index in [4.69, 9.17) is 0 Å². The summed E-state index contributed by atoms with van der Waals surface area (Å²) in [6.07, 6.45) is 10.5. The minimum Gasteiger partial charge on any atom is -0.394 e. The third-order valence-corrected chi connectivity index (χ3v) is 5.68. The Balaban J connectivity index is 2.13. The molecule has 0 aliphatic heterocycles. The van der Waals surface area contributed by atoms with Gasteiger partial charge in [0.1, 0.15) is 0 Å². The molecule has 102 valence electrons. The molecular formula is C14H29NOS. The molecule has 0 bridgehead atoms. The average molecular weight is 259 g/mol. The summed E-state index contributed by atoms with van der Waals surface area (Å²) in [4.78, 5) is 0. The lowest BCUT2D eigenvalue weighted by molar-refractivity contribution is 0.154. The van der Waals surface area contributed by atoms with Crippen LogP contribution in [0, 0.1) is 0 Å². The second kappa shape index (κ2) is 8.39. The number of nitrogens with one attached hydrogen (secondary N) is 1. The largest absolute Gasteiger partial charge is 0.394 e. The molecule has 1 aliphatic carbocycles. The minimum atomic E-state index is -0.0346. The molecule has 0 aromatic rings. The first kappa shape index (κ1) is 15.3. The molecule has 2 N–H and O–H groups in total. The van der Waals surface area contributed by atoms with Gasteiger partial charge in [-0.1, -0.05) is 26.2 Å². The summed E-state index contributed by atoms with van der Waals surface area (Å²) in [7, 11) is 1.97. The van der Waals surface area contributed by atoms with Gasteiger partial charge in [0.15, 0.2) is 0 Å². The Labute approximate surface area is 111 Å². The molecule has 17 heavy (non-hydrogen) atoms. The number of aliphatic hydroxyl groups is 1. The van der Waals surface area contributed by atoms with E-state index in [1.54, 1.807) is 0 Å². The van der Waals surface area contributed by atoms with Crippen LogP contribution in [-0.2, 0) is 0 Å². The van der Waals surface area contributed by atoms with Crippen LogP contribution in [0.4, 0.5) is 0 Å². The zero-order valence-electron chi connectivity index (χ0n) is 11.5. The van der Waals surface area contributed by atoms with Crippen LogP contribution in [0.1, 0.15) is 58.3 Å². The van der Waals surface area contributed by atoms with Gasteiger partial charge in [0.2, 0.25) is 0 Å². The topological polar surface area (TPSA) is 32.3 Å². The maximum atomic E-state index is 9.46. The van der Waals surface area contributed by atoms with Gasteiger partial charge in [-0.3, -0.25) is 0 Å². The van der Waals surface area contributed by atoms with Crippen LogP contribution in [0.15, 0.2) is 0 Å². The molecule has 3 heteroatoms. The molecule has 1 unspecified atom stereocenters. The first-order valence-electron chi connectivity index (χ1n) is 7.17. The average Bonchev–Trinajstić information content (AvgIpc) is 2.41. The van der Waals surface area contributed by atoms with Crippen LogP contribution in [0.25, 0.3) is 0 Å². The third-order valence-electron chi connectivity index (χ3n) is 4.22. The minimum absolute atomic E-state index is 0.0346.